The van der Waals surface area contributed by atoms with Gasteiger partial charge >= 0.3 is 0 Å². The van der Waals surface area contributed by atoms with Crippen LogP contribution in [-0.2, 0) is 6.54 Å². The Labute approximate surface area is 96.0 Å². The zero-order chi connectivity index (χ0) is 11.0. The van der Waals surface area contributed by atoms with Crippen molar-refractivity contribution in [3.63, 3.8) is 0 Å². The van der Waals surface area contributed by atoms with Crippen LogP contribution in [0.15, 0.2) is 42.5 Å². The van der Waals surface area contributed by atoms with Crippen LogP contribution < -0.4 is 5.32 Å². The maximum absolute atomic E-state index is 10.0. The second kappa shape index (κ2) is 4.04. The van der Waals surface area contributed by atoms with Crippen molar-refractivity contribution in [3.05, 3.63) is 48.0 Å². The summed E-state index contributed by atoms with van der Waals surface area (Å²) in [5.74, 6) is 0.919. The summed E-state index contributed by atoms with van der Waals surface area (Å²) in [7, 11) is 0. The third-order valence-corrected chi connectivity index (χ3v) is 3.80. The van der Waals surface area contributed by atoms with Crippen molar-refractivity contribution in [2.75, 3.05) is 0 Å². The Hall–Kier alpha value is -1.12. The molecular formula is C14H17NO. The minimum atomic E-state index is -0.196. The Kier molecular flexibility index (Phi) is 2.54. The van der Waals surface area contributed by atoms with Gasteiger partial charge in [-0.25, -0.2) is 0 Å². The summed E-state index contributed by atoms with van der Waals surface area (Å²) < 4.78 is 0. The summed E-state index contributed by atoms with van der Waals surface area (Å²) in [5, 5.41) is 13.5. The Bertz CT molecular complexity index is 387. The predicted molar refractivity (Wildman–Crippen MR) is 63.8 cm³/mol. The fourth-order valence-electron chi connectivity index (χ4n) is 2.90. The molecule has 2 heteroatoms. The normalized spacial score (nSPS) is 35.8. The number of rotatable bonds is 3. The van der Waals surface area contributed by atoms with Crippen molar-refractivity contribution in [2.45, 2.75) is 25.1 Å². The molecule has 2 bridgehead atoms. The number of benzene rings is 1. The molecule has 1 aromatic rings. The van der Waals surface area contributed by atoms with Gasteiger partial charge in [-0.1, -0.05) is 42.5 Å². The Morgan fingerprint density at radius 2 is 1.88 bits per heavy atom. The van der Waals surface area contributed by atoms with Gasteiger partial charge in [0.15, 0.2) is 0 Å². The van der Waals surface area contributed by atoms with Gasteiger partial charge in [0.25, 0.3) is 0 Å². The zero-order valence-electron chi connectivity index (χ0n) is 9.21. The van der Waals surface area contributed by atoms with E-state index < -0.39 is 0 Å². The first-order chi connectivity index (χ1) is 7.84. The number of aliphatic hydroxyl groups is 1. The smallest absolute Gasteiger partial charge is 0.0761 e. The predicted octanol–water partition coefficient (Wildman–Crippen LogP) is 1.71. The van der Waals surface area contributed by atoms with Gasteiger partial charge in [0, 0.05) is 18.5 Å². The molecule has 0 heterocycles. The maximum atomic E-state index is 10.0. The van der Waals surface area contributed by atoms with E-state index >= 15 is 0 Å². The molecule has 0 amide bonds. The van der Waals surface area contributed by atoms with E-state index in [-0.39, 0.29) is 12.1 Å². The van der Waals surface area contributed by atoms with Crippen molar-refractivity contribution in [1.29, 1.82) is 0 Å². The highest BCUT2D eigenvalue weighted by atomic mass is 16.3. The number of fused-ring (bicyclic) bond motifs is 2. The van der Waals surface area contributed by atoms with Crippen LogP contribution in [0.1, 0.15) is 12.0 Å². The van der Waals surface area contributed by atoms with E-state index in [0.29, 0.717) is 11.8 Å². The lowest BCUT2D eigenvalue weighted by Gasteiger charge is -2.24. The molecule has 0 saturated heterocycles. The first kappa shape index (κ1) is 10.1. The molecule has 0 spiro atoms. The monoisotopic (exact) mass is 215 g/mol. The summed E-state index contributed by atoms with van der Waals surface area (Å²) in [6.07, 6.45) is 5.34. The van der Waals surface area contributed by atoms with E-state index in [0.717, 1.165) is 13.0 Å². The van der Waals surface area contributed by atoms with Gasteiger partial charge in [-0.15, -0.1) is 0 Å². The molecule has 84 valence electrons. The zero-order valence-corrected chi connectivity index (χ0v) is 9.21. The number of aliphatic hydroxyl groups excluding tert-OH is 1. The summed E-state index contributed by atoms with van der Waals surface area (Å²) in [6, 6.07) is 10.6. The second-order valence-corrected chi connectivity index (χ2v) is 4.83. The molecule has 16 heavy (non-hydrogen) atoms. The van der Waals surface area contributed by atoms with E-state index in [9.17, 15) is 5.11 Å². The van der Waals surface area contributed by atoms with Crippen LogP contribution in [0.5, 0.6) is 0 Å². The minimum Gasteiger partial charge on any atom is -0.391 e. The molecule has 0 aliphatic heterocycles. The van der Waals surface area contributed by atoms with Crippen LogP contribution >= 0.6 is 0 Å². The molecule has 0 aromatic heterocycles. The first-order valence-corrected chi connectivity index (χ1v) is 5.98. The summed E-state index contributed by atoms with van der Waals surface area (Å²) >= 11 is 0. The molecule has 2 nitrogen and oxygen atoms in total. The van der Waals surface area contributed by atoms with Crippen LogP contribution in [0.4, 0.5) is 0 Å². The quantitative estimate of drug-likeness (QED) is 0.752. The van der Waals surface area contributed by atoms with Crippen molar-refractivity contribution >= 4 is 0 Å². The molecule has 2 N–H and O–H groups in total. The van der Waals surface area contributed by atoms with Crippen LogP contribution in [0.3, 0.4) is 0 Å². The van der Waals surface area contributed by atoms with Gasteiger partial charge in [-0.05, 0) is 17.9 Å². The van der Waals surface area contributed by atoms with Crippen LogP contribution in [-0.4, -0.2) is 17.3 Å². The fraction of sp³-hybridized carbons (Fsp3) is 0.429. The summed E-state index contributed by atoms with van der Waals surface area (Å²) in [5.41, 5.74) is 1.28. The van der Waals surface area contributed by atoms with Crippen molar-refractivity contribution in [1.82, 2.24) is 5.32 Å². The average Bonchev–Trinajstić information content (AvgIpc) is 2.89. The Morgan fingerprint density at radius 1 is 1.12 bits per heavy atom. The van der Waals surface area contributed by atoms with E-state index in [1.807, 2.05) is 18.2 Å². The van der Waals surface area contributed by atoms with Gasteiger partial charge in [0.05, 0.1) is 6.10 Å². The first-order valence-electron chi connectivity index (χ1n) is 5.98. The van der Waals surface area contributed by atoms with Crippen LogP contribution in [0.25, 0.3) is 0 Å². The highest BCUT2D eigenvalue weighted by Crippen LogP contribution is 2.39. The molecule has 2 aliphatic rings. The molecule has 1 aromatic carbocycles. The SMILES string of the molecule is OC1C2C=CC(C2)C1NCc1ccccc1. The summed E-state index contributed by atoms with van der Waals surface area (Å²) in [4.78, 5) is 0. The third kappa shape index (κ3) is 1.68. The molecular weight excluding hydrogens is 198 g/mol. The molecule has 0 radical (unpaired) electrons. The van der Waals surface area contributed by atoms with E-state index in [4.69, 9.17) is 0 Å². The lowest BCUT2D eigenvalue weighted by molar-refractivity contribution is 0.114. The third-order valence-electron chi connectivity index (χ3n) is 3.80. The Morgan fingerprint density at radius 3 is 2.56 bits per heavy atom. The fourth-order valence-corrected chi connectivity index (χ4v) is 2.90. The maximum Gasteiger partial charge on any atom is 0.0761 e. The van der Waals surface area contributed by atoms with Crippen molar-refractivity contribution in [2.24, 2.45) is 11.8 Å². The van der Waals surface area contributed by atoms with Crippen molar-refractivity contribution < 1.29 is 5.11 Å². The number of hydrogen-bond acceptors (Lipinski definition) is 2. The highest BCUT2D eigenvalue weighted by Gasteiger charge is 2.43. The summed E-state index contributed by atoms with van der Waals surface area (Å²) in [6.45, 7) is 0.847. The van der Waals surface area contributed by atoms with Gasteiger partial charge in [0.2, 0.25) is 0 Å². The molecule has 4 atom stereocenters. The lowest BCUT2D eigenvalue weighted by atomic mass is 9.98. The lowest BCUT2D eigenvalue weighted by Crippen LogP contribution is -2.42. The standard InChI is InChI=1S/C14H17NO/c16-14-12-7-6-11(8-12)13(14)15-9-10-4-2-1-3-5-10/h1-7,11-16H,8-9H2. The molecule has 1 fully saturated rings. The molecule has 2 aliphatic carbocycles. The largest absolute Gasteiger partial charge is 0.391 e. The van der Waals surface area contributed by atoms with Gasteiger partial charge < -0.3 is 10.4 Å². The second-order valence-electron chi connectivity index (χ2n) is 4.83. The average molecular weight is 215 g/mol. The Balaban J connectivity index is 1.62. The number of hydrogen-bond donors (Lipinski definition) is 2. The topological polar surface area (TPSA) is 32.3 Å². The number of nitrogens with one attached hydrogen (secondary N) is 1. The molecule has 4 unspecified atom stereocenters. The van der Waals surface area contributed by atoms with Crippen LogP contribution in [0, 0.1) is 11.8 Å². The van der Waals surface area contributed by atoms with Gasteiger partial charge in [-0.3, -0.25) is 0 Å². The molecule has 3 rings (SSSR count). The van der Waals surface area contributed by atoms with E-state index in [1.54, 1.807) is 0 Å². The van der Waals surface area contributed by atoms with E-state index in [1.165, 1.54) is 5.56 Å². The highest BCUT2D eigenvalue weighted by molar-refractivity contribution is 5.19. The molecule has 1 saturated carbocycles. The van der Waals surface area contributed by atoms with Crippen molar-refractivity contribution in [3.8, 4) is 0 Å². The van der Waals surface area contributed by atoms with Gasteiger partial charge in [-0.2, -0.15) is 0 Å². The van der Waals surface area contributed by atoms with Crippen LogP contribution in [0.2, 0.25) is 0 Å². The van der Waals surface area contributed by atoms with Gasteiger partial charge in [0.1, 0.15) is 0 Å². The minimum absolute atomic E-state index is 0.196. The van der Waals surface area contributed by atoms with E-state index in [2.05, 4.69) is 29.6 Å².